The third-order valence-electron chi connectivity index (χ3n) is 4.43. The molecule has 154 valence electrons. The maximum absolute atomic E-state index is 13.4. The summed E-state index contributed by atoms with van der Waals surface area (Å²) in [5.74, 6) is -2.40. The van der Waals surface area contributed by atoms with E-state index in [1.165, 1.54) is 6.07 Å². The van der Waals surface area contributed by atoms with Crippen LogP contribution in [0.4, 0.5) is 15.8 Å². The normalized spacial score (nSPS) is 10.5. The van der Waals surface area contributed by atoms with Crippen LogP contribution in [-0.2, 0) is 9.53 Å². The van der Waals surface area contributed by atoms with Gasteiger partial charge in [-0.15, -0.1) is 0 Å². The number of benzene rings is 2. The first kappa shape index (κ1) is 20.7. The molecule has 0 bridgehead atoms. The molecule has 0 atom stereocenters. The number of hydrogen-bond acceptors (Lipinski definition) is 5. The molecule has 3 rings (SSSR count). The predicted molar refractivity (Wildman–Crippen MR) is 107 cm³/mol. The predicted octanol–water partition coefficient (Wildman–Crippen LogP) is 3.94. The van der Waals surface area contributed by atoms with Crippen LogP contribution in [0.3, 0.4) is 0 Å². The Morgan fingerprint density at radius 2 is 1.83 bits per heavy atom. The topological polar surface area (TPSA) is 103 Å². The molecule has 1 aromatic heterocycles. The van der Waals surface area contributed by atoms with Crippen molar-refractivity contribution in [2.75, 3.05) is 11.9 Å². The number of rotatable bonds is 6. The summed E-state index contributed by atoms with van der Waals surface area (Å²) in [6, 6.07) is 14.1. The number of nitrogens with one attached hydrogen (secondary N) is 1. The smallest absolute Gasteiger partial charge is 0.340 e. The van der Waals surface area contributed by atoms with E-state index in [1.807, 2.05) is 41.8 Å². The molecule has 1 heterocycles. The van der Waals surface area contributed by atoms with Crippen molar-refractivity contribution < 1.29 is 23.6 Å². The second-order valence-electron chi connectivity index (χ2n) is 6.50. The van der Waals surface area contributed by atoms with Gasteiger partial charge in [0.25, 0.3) is 5.91 Å². The highest BCUT2D eigenvalue weighted by molar-refractivity contribution is 5.96. The SMILES string of the molecule is Cc1cc(C(=O)OCC(=O)Nc2ccc(F)c([N+](=O)[O-])c2)c(C)n1-c1ccccc1. The van der Waals surface area contributed by atoms with Gasteiger partial charge >= 0.3 is 11.7 Å². The zero-order chi connectivity index (χ0) is 21.8. The fraction of sp³-hybridized carbons (Fsp3) is 0.143. The first-order valence-corrected chi connectivity index (χ1v) is 8.93. The van der Waals surface area contributed by atoms with Gasteiger partial charge in [0.1, 0.15) is 0 Å². The number of nitrogens with zero attached hydrogens (tertiary/aromatic N) is 2. The maximum Gasteiger partial charge on any atom is 0.340 e. The number of anilines is 1. The lowest BCUT2D eigenvalue weighted by atomic mass is 10.2. The Labute approximate surface area is 171 Å². The van der Waals surface area contributed by atoms with Crippen molar-refractivity contribution >= 4 is 23.3 Å². The Kier molecular flexibility index (Phi) is 5.91. The Balaban J connectivity index is 1.67. The minimum atomic E-state index is -1.02. The van der Waals surface area contributed by atoms with Crippen LogP contribution in [0, 0.1) is 29.8 Å². The number of carbonyl (C=O) groups is 2. The fourth-order valence-corrected chi connectivity index (χ4v) is 3.08. The molecule has 8 nitrogen and oxygen atoms in total. The number of aryl methyl sites for hydroxylation is 1. The minimum Gasteiger partial charge on any atom is -0.452 e. The maximum atomic E-state index is 13.4. The van der Waals surface area contributed by atoms with E-state index in [9.17, 15) is 24.1 Å². The lowest BCUT2D eigenvalue weighted by Gasteiger charge is -2.10. The molecule has 0 radical (unpaired) electrons. The number of aromatic nitrogens is 1. The summed E-state index contributed by atoms with van der Waals surface area (Å²) in [4.78, 5) is 34.4. The van der Waals surface area contributed by atoms with Crippen LogP contribution in [0.25, 0.3) is 5.69 Å². The second kappa shape index (κ2) is 8.56. The molecule has 9 heteroatoms. The molecule has 0 aliphatic carbocycles. The molecule has 0 aliphatic heterocycles. The number of esters is 1. The molecule has 0 saturated carbocycles. The van der Waals surface area contributed by atoms with Crippen molar-refractivity contribution in [2.45, 2.75) is 13.8 Å². The molecule has 0 fully saturated rings. The number of ether oxygens (including phenoxy) is 1. The van der Waals surface area contributed by atoms with Gasteiger partial charge in [-0.05, 0) is 44.2 Å². The Morgan fingerprint density at radius 3 is 2.50 bits per heavy atom. The van der Waals surface area contributed by atoms with Crippen LogP contribution in [0.2, 0.25) is 0 Å². The summed E-state index contributed by atoms with van der Waals surface area (Å²) in [6.45, 7) is 3.03. The molecule has 1 amide bonds. The van der Waals surface area contributed by atoms with E-state index in [1.54, 1.807) is 13.0 Å². The molecular weight excluding hydrogens is 393 g/mol. The van der Waals surface area contributed by atoms with Crippen LogP contribution in [0.1, 0.15) is 21.7 Å². The molecule has 0 aliphatic rings. The third-order valence-corrected chi connectivity index (χ3v) is 4.43. The van der Waals surface area contributed by atoms with Gasteiger partial charge in [-0.1, -0.05) is 18.2 Å². The van der Waals surface area contributed by atoms with Crippen LogP contribution in [0.5, 0.6) is 0 Å². The zero-order valence-corrected chi connectivity index (χ0v) is 16.2. The van der Waals surface area contributed by atoms with Gasteiger partial charge < -0.3 is 14.6 Å². The van der Waals surface area contributed by atoms with Gasteiger partial charge in [-0.25, -0.2) is 4.79 Å². The number of carbonyl (C=O) groups excluding carboxylic acids is 2. The van der Waals surface area contributed by atoms with E-state index in [2.05, 4.69) is 5.32 Å². The summed E-state index contributed by atoms with van der Waals surface area (Å²) in [5.41, 5.74) is 1.96. The van der Waals surface area contributed by atoms with Crippen LogP contribution >= 0.6 is 0 Å². The van der Waals surface area contributed by atoms with Crippen molar-refractivity contribution in [3.8, 4) is 5.69 Å². The van der Waals surface area contributed by atoms with Gasteiger partial charge in [0.05, 0.1) is 10.5 Å². The van der Waals surface area contributed by atoms with Gasteiger partial charge in [0.2, 0.25) is 5.82 Å². The molecule has 0 saturated heterocycles. The fourth-order valence-electron chi connectivity index (χ4n) is 3.08. The first-order valence-electron chi connectivity index (χ1n) is 8.93. The van der Waals surface area contributed by atoms with E-state index < -0.39 is 34.9 Å². The van der Waals surface area contributed by atoms with E-state index in [0.717, 1.165) is 23.5 Å². The highest BCUT2D eigenvalue weighted by Gasteiger charge is 2.20. The van der Waals surface area contributed by atoms with E-state index in [4.69, 9.17) is 4.74 Å². The van der Waals surface area contributed by atoms with Gasteiger partial charge in [-0.2, -0.15) is 4.39 Å². The summed E-state index contributed by atoms with van der Waals surface area (Å²) in [6.07, 6.45) is 0. The highest BCUT2D eigenvalue weighted by Crippen LogP contribution is 2.23. The average molecular weight is 411 g/mol. The van der Waals surface area contributed by atoms with Gasteiger partial charge in [0, 0.05) is 28.8 Å². The second-order valence-corrected chi connectivity index (χ2v) is 6.50. The minimum absolute atomic E-state index is 0.0198. The van der Waals surface area contributed by atoms with Crippen LogP contribution in [0.15, 0.2) is 54.6 Å². The van der Waals surface area contributed by atoms with Crippen molar-refractivity contribution in [3.63, 3.8) is 0 Å². The van der Waals surface area contributed by atoms with Gasteiger partial charge in [-0.3, -0.25) is 14.9 Å². The number of nitro groups is 1. The summed E-state index contributed by atoms with van der Waals surface area (Å²) in [5, 5.41) is 13.1. The van der Waals surface area contributed by atoms with Crippen LogP contribution < -0.4 is 5.32 Å². The number of para-hydroxylation sites is 1. The number of nitro benzene ring substituents is 1. The third kappa shape index (κ3) is 4.35. The first-order chi connectivity index (χ1) is 14.3. The molecular formula is C21H18FN3O5. The van der Waals surface area contributed by atoms with E-state index >= 15 is 0 Å². The van der Waals surface area contributed by atoms with E-state index in [0.29, 0.717) is 11.3 Å². The lowest BCUT2D eigenvalue weighted by Crippen LogP contribution is -2.21. The number of halogens is 1. The monoisotopic (exact) mass is 411 g/mol. The highest BCUT2D eigenvalue weighted by atomic mass is 19.1. The molecule has 3 aromatic rings. The zero-order valence-electron chi connectivity index (χ0n) is 16.2. The lowest BCUT2D eigenvalue weighted by molar-refractivity contribution is -0.387. The van der Waals surface area contributed by atoms with Crippen molar-refractivity contribution in [2.24, 2.45) is 0 Å². The number of hydrogen-bond donors (Lipinski definition) is 1. The summed E-state index contributed by atoms with van der Waals surface area (Å²) >= 11 is 0. The molecule has 0 spiro atoms. The quantitative estimate of drug-likeness (QED) is 0.376. The molecule has 2 aromatic carbocycles. The van der Waals surface area contributed by atoms with Crippen LogP contribution in [-0.4, -0.2) is 28.0 Å². The van der Waals surface area contributed by atoms with Crippen molar-refractivity contribution in [1.82, 2.24) is 4.57 Å². The van der Waals surface area contributed by atoms with Crippen molar-refractivity contribution in [1.29, 1.82) is 0 Å². The molecule has 30 heavy (non-hydrogen) atoms. The van der Waals surface area contributed by atoms with Gasteiger partial charge in [0.15, 0.2) is 6.61 Å². The standard InChI is InChI=1S/C21H18FN3O5/c1-13-10-17(14(2)24(13)16-6-4-3-5-7-16)21(27)30-12-20(26)23-15-8-9-18(22)19(11-15)25(28)29/h3-11H,12H2,1-2H3,(H,23,26). The Morgan fingerprint density at radius 1 is 1.13 bits per heavy atom. The summed E-state index contributed by atoms with van der Waals surface area (Å²) < 4.78 is 20.3. The average Bonchev–Trinajstić information content (AvgIpc) is 3.02. The Bertz CT molecular complexity index is 1130. The largest absolute Gasteiger partial charge is 0.452 e. The Hall–Kier alpha value is -4.01. The number of amides is 1. The molecule has 1 N–H and O–H groups in total. The van der Waals surface area contributed by atoms with E-state index in [-0.39, 0.29) is 5.69 Å². The summed E-state index contributed by atoms with van der Waals surface area (Å²) in [7, 11) is 0. The molecule has 0 unspecified atom stereocenters. The van der Waals surface area contributed by atoms with Crippen molar-refractivity contribution in [3.05, 3.63) is 87.5 Å².